The van der Waals surface area contributed by atoms with Gasteiger partial charge in [0.05, 0.1) is 12.2 Å². The van der Waals surface area contributed by atoms with Gasteiger partial charge in [0.1, 0.15) is 5.75 Å². The molecule has 0 fully saturated rings. The van der Waals surface area contributed by atoms with E-state index in [9.17, 15) is 4.79 Å². The average Bonchev–Trinajstić information content (AvgIpc) is 2.90. The Morgan fingerprint density at radius 3 is 2.70 bits per heavy atom. The van der Waals surface area contributed by atoms with E-state index in [2.05, 4.69) is 10.3 Å². The van der Waals surface area contributed by atoms with Crippen LogP contribution in [0.15, 0.2) is 67.0 Å². The second kappa shape index (κ2) is 10.3. The fraction of sp³-hybridized carbons (Fsp3) is 0.217. The van der Waals surface area contributed by atoms with Crippen LogP contribution in [0.4, 0.5) is 10.5 Å². The molecular weight excluding hydrogens is 421 g/mol. The van der Waals surface area contributed by atoms with E-state index in [0.29, 0.717) is 29.5 Å². The molecule has 0 unspecified atom stereocenters. The minimum atomic E-state index is -0.155. The van der Waals surface area contributed by atoms with Crippen molar-refractivity contribution in [3.63, 3.8) is 0 Å². The van der Waals surface area contributed by atoms with E-state index in [1.807, 2.05) is 36.4 Å². The van der Waals surface area contributed by atoms with Gasteiger partial charge in [-0.25, -0.2) is 4.79 Å². The summed E-state index contributed by atoms with van der Waals surface area (Å²) in [6.45, 7) is 1.03. The first kappa shape index (κ1) is 21.9. The molecular formula is C23H23Cl2N3O2. The number of hydrogen-bond acceptors (Lipinski definition) is 3. The number of amides is 2. The summed E-state index contributed by atoms with van der Waals surface area (Å²) < 4.78 is 6.04. The number of carbonyl (C=O) groups excluding carboxylic acids is 1. The number of ether oxygens (including phenoxy) is 1. The molecule has 7 heteroatoms. The van der Waals surface area contributed by atoms with E-state index < -0.39 is 0 Å². The minimum absolute atomic E-state index is 0. The highest BCUT2D eigenvalue weighted by Crippen LogP contribution is 2.40. The first-order valence-corrected chi connectivity index (χ1v) is 10.1. The lowest BCUT2D eigenvalue weighted by atomic mass is 10.1. The second-order valence-electron chi connectivity index (χ2n) is 6.95. The van der Waals surface area contributed by atoms with Crippen LogP contribution in [-0.4, -0.2) is 17.6 Å². The van der Waals surface area contributed by atoms with Crippen LogP contribution in [0.3, 0.4) is 0 Å². The van der Waals surface area contributed by atoms with E-state index in [1.165, 1.54) is 5.56 Å². The van der Waals surface area contributed by atoms with Gasteiger partial charge in [0.15, 0.2) is 5.75 Å². The van der Waals surface area contributed by atoms with Crippen LogP contribution in [0.2, 0.25) is 5.02 Å². The molecule has 156 valence electrons. The summed E-state index contributed by atoms with van der Waals surface area (Å²) in [7, 11) is 0. The van der Waals surface area contributed by atoms with E-state index >= 15 is 0 Å². The van der Waals surface area contributed by atoms with Gasteiger partial charge in [0.2, 0.25) is 0 Å². The molecule has 0 saturated carbocycles. The number of benzene rings is 2. The Balaban J connectivity index is 0.00000256. The Morgan fingerprint density at radius 2 is 1.87 bits per heavy atom. The molecule has 5 nitrogen and oxygen atoms in total. The minimum Gasteiger partial charge on any atom is -0.455 e. The van der Waals surface area contributed by atoms with Gasteiger partial charge in [0.25, 0.3) is 0 Å². The Kier molecular flexibility index (Phi) is 7.55. The number of para-hydroxylation sites is 1. The van der Waals surface area contributed by atoms with Crippen LogP contribution in [0.5, 0.6) is 11.5 Å². The van der Waals surface area contributed by atoms with Gasteiger partial charge in [0, 0.05) is 29.5 Å². The van der Waals surface area contributed by atoms with Crippen molar-refractivity contribution in [2.75, 3.05) is 11.4 Å². The summed E-state index contributed by atoms with van der Waals surface area (Å²) in [5.41, 5.74) is 2.88. The normalized spacial score (nSPS) is 12.0. The summed E-state index contributed by atoms with van der Waals surface area (Å²) in [4.78, 5) is 18.7. The Bertz CT molecular complexity index is 999. The number of fused-ring (bicyclic) bond motifs is 2. The molecule has 0 radical (unpaired) electrons. The SMILES string of the molecule is Cl.O=C(NCCCCc1ccncc1)N1Cc2ccccc2Oc2ccc(Cl)cc21. The lowest BCUT2D eigenvalue weighted by Gasteiger charge is -2.22. The van der Waals surface area contributed by atoms with Crippen molar-refractivity contribution in [3.05, 3.63) is 83.1 Å². The fourth-order valence-corrected chi connectivity index (χ4v) is 3.54. The first-order valence-electron chi connectivity index (χ1n) is 9.70. The Morgan fingerprint density at radius 1 is 1.07 bits per heavy atom. The summed E-state index contributed by atoms with van der Waals surface area (Å²) in [5, 5.41) is 3.60. The van der Waals surface area contributed by atoms with Crippen LogP contribution < -0.4 is 15.0 Å². The highest BCUT2D eigenvalue weighted by atomic mass is 35.5. The molecule has 30 heavy (non-hydrogen) atoms. The van der Waals surface area contributed by atoms with Crippen molar-refractivity contribution in [1.29, 1.82) is 0 Å². The maximum atomic E-state index is 13.0. The molecule has 2 aromatic carbocycles. The third-order valence-electron chi connectivity index (χ3n) is 4.90. The molecule has 3 aromatic rings. The van der Waals surface area contributed by atoms with Gasteiger partial charge in [-0.2, -0.15) is 0 Å². The van der Waals surface area contributed by atoms with Crippen LogP contribution in [0.25, 0.3) is 0 Å². The first-order chi connectivity index (χ1) is 14.2. The quantitative estimate of drug-likeness (QED) is 0.491. The number of anilines is 1. The number of rotatable bonds is 5. The highest BCUT2D eigenvalue weighted by molar-refractivity contribution is 6.31. The zero-order valence-corrected chi connectivity index (χ0v) is 18.0. The molecule has 2 amide bonds. The smallest absolute Gasteiger partial charge is 0.322 e. The Labute approximate surface area is 187 Å². The van der Waals surface area contributed by atoms with Crippen LogP contribution in [-0.2, 0) is 13.0 Å². The predicted octanol–water partition coefficient (Wildman–Crippen LogP) is 6.00. The van der Waals surface area contributed by atoms with E-state index in [0.717, 1.165) is 30.6 Å². The van der Waals surface area contributed by atoms with E-state index in [-0.39, 0.29) is 18.4 Å². The number of nitrogens with zero attached hydrogens (tertiary/aromatic N) is 2. The standard InChI is InChI=1S/C23H22ClN3O2.ClH/c24-19-8-9-22-20(15-19)27(16-18-6-1-2-7-21(18)29-22)23(28)26-12-4-3-5-17-10-13-25-14-11-17;/h1-2,6-11,13-15H,3-5,12,16H2,(H,26,28);1H. The van der Waals surface area contributed by atoms with Crippen LogP contribution in [0, 0.1) is 0 Å². The molecule has 1 aliphatic heterocycles. The topological polar surface area (TPSA) is 54.5 Å². The van der Waals surface area contributed by atoms with Crippen molar-refractivity contribution in [1.82, 2.24) is 10.3 Å². The number of nitrogens with one attached hydrogen (secondary N) is 1. The third-order valence-corrected chi connectivity index (χ3v) is 5.13. The van der Waals surface area contributed by atoms with Crippen molar-refractivity contribution >= 4 is 35.7 Å². The molecule has 1 aliphatic rings. The van der Waals surface area contributed by atoms with Crippen molar-refractivity contribution in [2.24, 2.45) is 0 Å². The summed E-state index contributed by atoms with van der Waals surface area (Å²) in [6.07, 6.45) is 6.48. The highest BCUT2D eigenvalue weighted by Gasteiger charge is 2.25. The van der Waals surface area contributed by atoms with Crippen molar-refractivity contribution in [3.8, 4) is 11.5 Å². The van der Waals surface area contributed by atoms with Gasteiger partial charge < -0.3 is 10.1 Å². The van der Waals surface area contributed by atoms with Crippen LogP contribution >= 0.6 is 24.0 Å². The Hall–Kier alpha value is -2.76. The summed E-state index contributed by atoms with van der Waals surface area (Å²) in [6, 6.07) is 17.0. The summed E-state index contributed by atoms with van der Waals surface area (Å²) in [5.74, 6) is 1.37. The third kappa shape index (κ3) is 5.23. The zero-order chi connectivity index (χ0) is 20.1. The number of halogens is 2. The molecule has 0 aliphatic carbocycles. The number of aromatic nitrogens is 1. The van der Waals surface area contributed by atoms with Gasteiger partial charge in [-0.05, 0) is 61.2 Å². The fourth-order valence-electron chi connectivity index (χ4n) is 3.37. The lowest BCUT2D eigenvalue weighted by Crippen LogP contribution is -2.39. The number of hydrogen-bond donors (Lipinski definition) is 1. The summed E-state index contributed by atoms with van der Waals surface area (Å²) >= 11 is 6.20. The van der Waals surface area contributed by atoms with Crippen molar-refractivity contribution in [2.45, 2.75) is 25.8 Å². The maximum absolute atomic E-state index is 13.0. The second-order valence-corrected chi connectivity index (χ2v) is 7.39. The molecule has 0 spiro atoms. The predicted molar refractivity (Wildman–Crippen MR) is 122 cm³/mol. The number of unbranched alkanes of at least 4 members (excludes halogenated alkanes) is 1. The molecule has 1 N–H and O–H groups in total. The lowest BCUT2D eigenvalue weighted by molar-refractivity contribution is 0.246. The molecule has 0 saturated heterocycles. The number of carbonyl (C=O) groups is 1. The molecule has 0 bridgehead atoms. The monoisotopic (exact) mass is 443 g/mol. The largest absolute Gasteiger partial charge is 0.455 e. The molecule has 1 aromatic heterocycles. The van der Waals surface area contributed by atoms with E-state index in [4.69, 9.17) is 16.3 Å². The number of aryl methyl sites for hydroxylation is 1. The molecule has 4 rings (SSSR count). The van der Waals surface area contributed by atoms with Gasteiger partial charge in [-0.3, -0.25) is 9.88 Å². The molecule has 2 heterocycles. The zero-order valence-electron chi connectivity index (χ0n) is 16.4. The molecule has 0 atom stereocenters. The van der Waals surface area contributed by atoms with Gasteiger partial charge in [-0.15, -0.1) is 12.4 Å². The average molecular weight is 444 g/mol. The van der Waals surface area contributed by atoms with Gasteiger partial charge >= 0.3 is 6.03 Å². The number of pyridine rings is 1. The van der Waals surface area contributed by atoms with Crippen molar-refractivity contribution < 1.29 is 9.53 Å². The van der Waals surface area contributed by atoms with Gasteiger partial charge in [-0.1, -0.05) is 29.8 Å². The number of urea groups is 1. The van der Waals surface area contributed by atoms with E-state index in [1.54, 1.807) is 35.5 Å². The van der Waals surface area contributed by atoms with Crippen LogP contribution in [0.1, 0.15) is 24.0 Å². The maximum Gasteiger partial charge on any atom is 0.322 e.